The Morgan fingerprint density at radius 1 is 1.28 bits per heavy atom. The van der Waals surface area contributed by atoms with Crippen molar-refractivity contribution in [3.8, 4) is 11.3 Å². The standard InChI is InChI=1S/C24H28N6O2/c1-3-6-19(30-32)21-11-15(2)22(13-25-21)28-18-8-5-4-7-17(18)20-12-23(27-14-26-20)29-24(31)16-9-10-16/h4-5,7-8,11-14,16,21,25,28,32H,3,6,9-10H2,1-2H3,(H,26,27,29,31)/b30-19+. The molecule has 8 nitrogen and oxygen atoms in total. The number of para-hydroxylation sites is 1. The normalized spacial score (nSPS) is 18.3. The first-order chi connectivity index (χ1) is 15.6. The largest absolute Gasteiger partial charge is 0.411 e. The number of allylic oxidation sites excluding steroid dienone is 1. The highest BCUT2D eigenvalue weighted by molar-refractivity contribution is 5.94. The maximum absolute atomic E-state index is 12.1. The SMILES string of the molecule is CCC/C(=N\O)C1C=C(C)C(Nc2ccccc2-c2cc(NC(=O)C3CC3)ncn2)=CN1. The first-order valence-electron chi connectivity index (χ1n) is 10.9. The van der Waals surface area contributed by atoms with Crippen LogP contribution < -0.4 is 16.0 Å². The number of carbonyl (C=O) groups excluding carboxylic acids is 1. The number of hydrogen-bond donors (Lipinski definition) is 4. The highest BCUT2D eigenvalue weighted by Crippen LogP contribution is 2.32. The van der Waals surface area contributed by atoms with Gasteiger partial charge in [0.2, 0.25) is 5.91 Å². The van der Waals surface area contributed by atoms with E-state index in [0.29, 0.717) is 11.5 Å². The van der Waals surface area contributed by atoms with Gasteiger partial charge in [-0.1, -0.05) is 42.8 Å². The van der Waals surface area contributed by atoms with Crippen molar-refractivity contribution in [2.45, 2.75) is 45.6 Å². The van der Waals surface area contributed by atoms with Gasteiger partial charge in [-0.2, -0.15) is 0 Å². The topological polar surface area (TPSA) is 112 Å². The first kappa shape index (κ1) is 21.5. The van der Waals surface area contributed by atoms with E-state index in [1.165, 1.54) is 6.33 Å². The lowest BCUT2D eigenvalue weighted by Gasteiger charge is -2.24. The van der Waals surface area contributed by atoms with E-state index < -0.39 is 0 Å². The van der Waals surface area contributed by atoms with Crippen molar-refractivity contribution in [2.24, 2.45) is 11.1 Å². The van der Waals surface area contributed by atoms with Crippen LogP contribution >= 0.6 is 0 Å². The predicted molar refractivity (Wildman–Crippen MR) is 125 cm³/mol. The van der Waals surface area contributed by atoms with Gasteiger partial charge in [0.1, 0.15) is 12.1 Å². The Labute approximate surface area is 187 Å². The van der Waals surface area contributed by atoms with Crippen molar-refractivity contribution in [3.05, 3.63) is 60.2 Å². The number of rotatable bonds is 8. The number of hydrogen-bond acceptors (Lipinski definition) is 7. The van der Waals surface area contributed by atoms with Crippen LogP contribution in [0.5, 0.6) is 0 Å². The van der Waals surface area contributed by atoms with Crippen molar-refractivity contribution in [1.29, 1.82) is 0 Å². The number of amides is 1. The van der Waals surface area contributed by atoms with Crippen LogP contribution in [0.3, 0.4) is 0 Å². The quantitative estimate of drug-likeness (QED) is 0.281. The van der Waals surface area contributed by atoms with Gasteiger partial charge >= 0.3 is 0 Å². The lowest BCUT2D eigenvalue weighted by molar-refractivity contribution is -0.117. The molecule has 1 aromatic heterocycles. The predicted octanol–water partition coefficient (Wildman–Crippen LogP) is 4.29. The third kappa shape index (κ3) is 4.96. The van der Waals surface area contributed by atoms with Gasteiger partial charge in [-0.05, 0) is 37.8 Å². The molecule has 0 saturated heterocycles. The average Bonchev–Trinajstić information content (AvgIpc) is 3.65. The van der Waals surface area contributed by atoms with Crippen molar-refractivity contribution >= 4 is 23.1 Å². The van der Waals surface area contributed by atoms with E-state index in [4.69, 9.17) is 0 Å². The molecule has 4 N–H and O–H groups in total. The summed E-state index contributed by atoms with van der Waals surface area (Å²) in [6, 6.07) is 9.54. The molecule has 2 aromatic rings. The molecule has 0 spiro atoms. The highest BCUT2D eigenvalue weighted by Gasteiger charge is 2.29. The number of aromatic nitrogens is 2. The monoisotopic (exact) mass is 432 g/mol. The van der Waals surface area contributed by atoms with E-state index in [1.54, 1.807) is 6.07 Å². The fourth-order valence-electron chi connectivity index (χ4n) is 3.63. The van der Waals surface area contributed by atoms with E-state index in [9.17, 15) is 10.0 Å². The van der Waals surface area contributed by atoms with Gasteiger partial charge in [-0.25, -0.2) is 9.97 Å². The second kappa shape index (κ2) is 9.64. The van der Waals surface area contributed by atoms with Gasteiger partial charge in [-0.3, -0.25) is 4.79 Å². The molecule has 1 amide bonds. The van der Waals surface area contributed by atoms with Gasteiger partial charge in [-0.15, -0.1) is 0 Å². The van der Waals surface area contributed by atoms with Crippen molar-refractivity contribution in [2.75, 3.05) is 10.6 Å². The Morgan fingerprint density at radius 2 is 2.09 bits per heavy atom. The summed E-state index contributed by atoms with van der Waals surface area (Å²) in [7, 11) is 0. The van der Waals surface area contributed by atoms with Gasteiger partial charge in [0.25, 0.3) is 0 Å². The van der Waals surface area contributed by atoms with Crippen LogP contribution in [0, 0.1) is 5.92 Å². The molecule has 1 aromatic carbocycles. The maximum Gasteiger partial charge on any atom is 0.228 e. The van der Waals surface area contributed by atoms with Crippen LogP contribution in [0.2, 0.25) is 0 Å². The first-order valence-corrected chi connectivity index (χ1v) is 10.9. The van der Waals surface area contributed by atoms with Crippen LogP contribution in [0.25, 0.3) is 11.3 Å². The molecular formula is C24H28N6O2. The third-order valence-corrected chi connectivity index (χ3v) is 5.58. The Balaban J connectivity index is 1.53. The van der Waals surface area contributed by atoms with Crippen LogP contribution in [-0.2, 0) is 4.79 Å². The Morgan fingerprint density at radius 3 is 2.81 bits per heavy atom. The molecule has 0 radical (unpaired) electrons. The molecule has 1 fully saturated rings. The molecule has 1 unspecified atom stereocenters. The highest BCUT2D eigenvalue weighted by atomic mass is 16.4. The molecule has 8 heteroatoms. The number of carbonyl (C=O) groups is 1. The van der Waals surface area contributed by atoms with Gasteiger partial charge in [0.05, 0.1) is 23.1 Å². The molecule has 1 aliphatic heterocycles. The third-order valence-electron chi connectivity index (χ3n) is 5.58. The maximum atomic E-state index is 12.1. The average molecular weight is 433 g/mol. The van der Waals surface area contributed by atoms with Crippen LogP contribution in [0.1, 0.15) is 39.5 Å². The molecule has 166 valence electrons. The molecule has 0 bridgehead atoms. The number of dihydropyridines is 1. The lowest BCUT2D eigenvalue weighted by atomic mass is 10.0. The van der Waals surface area contributed by atoms with E-state index in [1.807, 2.05) is 43.5 Å². The molecule has 1 saturated carbocycles. The zero-order chi connectivity index (χ0) is 22.5. The molecular weight excluding hydrogens is 404 g/mol. The minimum atomic E-state index is -0.125. The number of anilines is 2. The summed E-state index contributed by atoms with van der Waals surface area (Å²) in [5, 5.41) is 22.4. The number of nitrogens with zero attached hydrogens (tertiary/aromatic N) is 3. The smallest absolute Gasteiger partial charge is 0.228 e. The summed E-state index contributed by atoms with van der Waals surface area (Å²) in [5.41, 5.74) is 5.17. The summed E-state index contributed by atoms with van der Waals surface area (Å²) in [5.74, 6) is 0.634. The summed E-state index contributed by atoms with van der Waals surface area (Å²) in [6.45, 7) is 4.08. The summed E-state index contributed by atoms with van der Waals surface area (Å²) in [6.07, 6.45) is 8.94. The van der Waals surface area contributed by atoms with Crippen molar-refractivity contribution in [3.63, 3.8) is 0 Å². The summed E-state index contributed by atoms with van der Waals surface area (Å²) in [4.78, 5) is 20.7. The number of nitrogens with one attached hydrogen (secondary N) is 3. The lowest BCUT2D eigenvalue weighted by Crippen LogP contribution is -2.35. The second-order valence-electron chi connectivity index (χ2n) is 8.12. The molecule has 2 aliphatic rings. The Bertz CT molecular complexity index is 1090. The fraction of sp³-hybridized carbons (Fsp3) is 0.333. The Kier molecular flexibility index (Phi) is 6.49. The van der Waals surface area contributed by atoms with Gasteiger partial charge in [0.15, 0.2) is 0 Å². The van der Waals surface area contributed by atoms with E-state index in [2.05, 4.69) is 38.0 Å². The number of oxime groups is 1. The zero-order valence-electron chi connectivity index (χ0n) is 18.3. The van der Waals surface area contributed by atoms with Crippen LogP contribution in [0.15, 0.2) is 65.4 Å². The van der Waals surface area contributed by atoms with E-state index in [-0.39, 0.29) is 17.9 Å². The minimum Gasteiger partial charge on any atom is -0.411 e. The molecule has 32 heavy (non-hydrogen) atoms. The van der Waals surface area contributed by atoms with E-state index >= 15 is 0 Å². The van der Waals surface area contributed by atoms with Crippen molar-refractivity contribution < 1.29 is 10.0 Å². The van der Waals surface area contributed by atoms with Gasteiger partial charge < -0.3 is 21.2 Å². The van der Waals surface area contributed by atoms with Crippen LogP contribution in [-0.4, -0.2) is 32.8 Å². The molecule has 1 aliphatic carbocycles. The molecule has 1 atom stereocenters. The fourth-order valence-corrected chi connectivity index (χ4v) is 3.63. The van der Waals surface area contributed by atoms with Gasteiger partial charge in [0, 0.05) is 29.4 Å². The Hall–Kier alpha value is -3.68. The molecule has 4 rings (SSSR count). The van der Waals surface area contributed by atoms with Crippen molar-refractivity contribution in [1.82, 2.24) is 15.3 Å². The summed E-state index contributed by atoms with van der Waals surface area (Å²) >= 11 is 0. The summed E-state index contributed by atoms with van der Waals surface area (Å²) < 4.78 is 0. The minimum absolute atomic E-state index is 0.0173. The van der Waals surface area contributed by atoms with E-state index in [0.717, 1.165) is 53.9 Å². The molecule has 2 heterocycles. The second-order valence-corrected chi connectivity index (χ2v) is 8.12. The van der Waals surface area contributed by atoms with Crippen LogP contribution in [0.4, 0.5) is 11.5 Å². The zero-order valence-corrected chi connectivity index (χ0v) is 18.3. The number of benzene rings is 1.